The van der Waals surface area contributed by atoms with Crippen molar-refractivity contribution in [2.75, 3.05) is 25.0 Å². The maximum atomic E-state index is 12.7. The van der Waals surface area contributed by atoms with E-state index in [0.717, 1.165) is 18.7 Å². The summed E-state index contributed by atoms with van der Waals surface area (Å²) in [6, 6.07) is 15.6. The van der Waals surface area contributed by atoms with Crippen LogP contribution in [0.25, 0.3) is 10.9 Å². The summed E-state index contributed by atoms with van der Waals surface area (Å²) in [5.74, 6) is 0.0151. The molecule has 6 nitrogen and oxygen atoms in total. The van der Waals surface area contributed by atoms with Crippen LogP contribution in [-0.4, -0.2) is 40.5 Å². The summed E-state index contributed by atoms with van der Waals surface area (Å²) in [4.78, 5) is 33.8. The zero-order chi connectivity index (χ0) is 20.2. The van der Waals surface area contributed by atoms with Gasteiger partial charge in [0.05, 0.1) is 17.2 Å². The number of rotatable bonds is 6. The van der Waals surface area contributed by atoms with E-state index in [4.69, 9.17) is 0 Å². The standard InChI is InChI=1S/C23H26N4O2/c1-25(16-18-8-2-5-11-21(18)26-13-6-7-14-26)22(28)12-15-27-17-24-20-10-4-3-9-19(20)23(27)29/h2-5,8-11,17H,6-7,12-16H2,1H3. The lowest BCUT2D eigenvalue weighted by Crippen LogP contribution is -2.30. The number of hydrogen-bond donors (Lipinski definition) is 0. The quantitative estimate of drug-likeness (QED) is 0.649. The molecule has 1 saturated heterocycles. The molecule has 0 N–H and O–H groups in total. The Balaban J connectivity index is 1.42. The molecular weight excluding hydrogens is 364 g/mol. The zero-order valence-electron chi connectivity index (χ0n) is 16.8. The molecule has 2 heterocycles. The minimum absolute atomic E-state index is 0.0151. The summed E-state index contributed by atoms with van der Waals surface area (Å²) >= 11 is 0. The monoisotopic (exact) mass is 390 g/mol. The third-order valence-electron chi connectivity index (χ3n) is 5.57. The summed E-state index contributed by atoms with van der Waals surface area (Å²) in [7, 11) is 1.82. The number of hydrogen-bond acceptors (Lipinski definition) is 4. The number of carbonyl (C=O) groups is 1. The van der Waals surface area contributed by atoms with Crippen LogP contribution in [0.3, 0.4) is 0 Å². The van der Waals surface area contributed by atoms with E-state index >= 15 is 0 Å². The van der Waals surface area contributed by atoms with E-state index in [2.05, 4.69) is 28.1 Å². The average Bonchev–Trinajstić information content (AvgIpc) is 3.28. The van der Waals surface area contributed by atoms with E-state index in [-0.39, 0.29) is 17.9 Å². The third kappa shape index (κ3) is 4.16. The molecule has 0 aliphatic carbocycles. The Bertz CT molecular complexity index is 1070. The Labute approximate surface area is 170 Å². The number of aromatic nitrogens is 2. The normalized spacial score (nSPS) is 13.8. The van der Waals surface area contributed by atoms with Gasteiger partial charge in [0.2, 0.25) is 5.91 Å². The van der Waals surface area contributed by atoms with Gasteiger partial charge in [-0.25, -0.2) is 4.98 Å². The van der Waals surface area contributed by atoms with Crippen molar-refractivity contribution in [2.24, 2.45) is 0 Å². The van der Waals surface area contributed by atoms with E-state index in [1.165, 1.54) is 29.4 Å². The van der Waals surface area contributed by atoms with E-state index < -0.39 is 0 Å². The lowest BCUT2D eigenvalue weighted by molar-refractivity contribution is -0.130. The smallest absolute Gasteiger partial charge is 0.261 e. The lowest BCUT2D eigenvalue weighted by Gasteiger charge is -2.24. The number of benzene rings is 2. The molecule has 3 aromatic rings. The number of fused-ring (bicyclic) bond motifs is 1. The molecule has 1 aliphatic rings. The maximum absolute atomic E-state index is 12.7. The molecule has 0 saturated carbocycles. The second-order valence-electron chi connectivity index (χ2n) is 7.58. The highest BCUT2D eigenvalue weighted by atomic mass is 16.2. The van der Waals surface area contributed by atoms with Crippen molar-refractivity contribution in [1.29, 1.82) is 0 Å². The van der Waals surface area contributed by atoms with Gasteiger partial charge in [0.1, 0.15) is 0 Å². The molecule has 4 rings (SSSR count). The van der Waals surface area contributed by atoms with Crippen molar-refractivity contribution in [3.8, 4) is 0 Å². The van der Waals surface area contributed by atoms with E-state index in [9.17, 15) is 9.59 Å². The van der Waals surface area contributed by atoms with Gasteiger partial charge < -0.3 is 9.80 Å². The van der Waals surface area contributed by atoms with Gasteiger partial charge in [-0.05, 0) is 36.6 Å². The van der Waals surface area contributed by atoms with E-state index in [1.54, 1.807) is 11.0 Å². The van der Waals surface area contributed by atoms with Crippen LogP contribution in [0.15, 0.2) is 59.7 Å². The van der Waals surface area contributed by atoms with Crippen LogP contribution < -0.4 is 10.5 Å². The first-order chi connectivity index (χ1) is 14.1. The molecule has 1 fully saturated rings. The lowest BCUT2D eigenvalue weighted by atomic mass is 10.1. The number of para-hydroxylation sites is 2. The van der Waals surface area contributed by atoms with Crippen molar-refractivity contribution in [1.82, 2.24) is 14.5 Å². The molecule has 0 atom stereocenters. The Kier molecular flexibility index (Phi) is 5.60. The Morgan fingerprint density at radius 2 is 1.79 bits per heavy atom. The third-order valence-corrected chi connectivity index (χ3v) is 5.57. The predicted octanol–water partition coefficient (Wildman–Crippen LogP) is 3.05. The number of nitrogens with zero attached hydrogens (tertiary/aromatic N) is 4. The van der Waals surface area contributed by atoms with Gasteiger partial charge in [-0.2, -0.15) is 0 Å². The van der Waals surface area contributed by atoms with Crippen LogP contribution in [0.1, 0.15) is 24.8 Å². The van der Waals surface area contributed by atoms with E-state index in [0.29, 0.717) is 24.0 Å². The SMILES string of the molecule is CN(Cc1ccccc1N1CCCC1)C(=O)CCn1cnc2ccccc2c1=O. The number of carbonyl (C=O) groups excluding carboxylic acids is 1. The molecule has 2 aromatic carbocycles. The van der Waals surface area contributed by atoms with Gasteiger partial charge in [0, 0.05) is 45.3 Å². The van der Waals surface area contributed by atoms with Crippen LogP contribution in [0, 0.1) is 0 Å². The summed E-state index contributed by atoms with van der Waals surface area (Å²) in [6.45, 7) is 3.04. The molecular formula is C23H26N4O2. The largest absolute Gasteiger partial charge is 0.371 e. The van der Waals surface area contributed by atoms with Gasteiger partial charge in [-0.1, -0.05) is 30.3 Å². The number of aryl methyl sites for hydroxylation is 1. The molecule has 29 heavy (non-hydrogen) atoms. The molecule has 6 heteroatoms. The fourth-order valence-electron chi connectivity index (χ4n) is 3.93. The predicted molar refractivity (Wildman–Crippen MR) is 115 cm³/mol. The molecule has 0 radical (unpaired) electrons. The van der Waals surface area contributed by atoms with Crippen LogP contribution in [0.5, 0.6) is 0 Å². The van der Waals surface area contributed by atoms with Crippen molar-refractivity contribution in [3.05, 3.63) is 70.8 Å². The first-order valence-electron chi connectivity index (χ1n) is 10.1. The highest BCUT2D eigenvalue weighted by molar-refractivity contribution is 5.77. The van der Waals surface area contributed by atoms with Crippen molar-refractivity contribution in [3.63, 3.8) is 0 Å². The minimum atomic E-state index is -0.106. The molecule has 0 bridgehead atoms. The number of anilines is 1. The highest BCUT2D eigenvalue weighted by Crippen LogP contribution is 2.25. The van der Waals surface area contributed by atoms with E-state index in [1.807, 2.05) is 31.3 Å². The van der Waals surface area contributed by atoms with Crippen LogP contribution >= 0.6 is 0 Å². The maximum Gasteiger partial charge on any atom is 0.261 e. The number of amides is 1. The van der Waals surface area contributed by atoms with Gasteiger partial charge in [-0.3, -0.25) is 14.2 Å². The summed E-state index contributed by atoms with van der Waals surface area (Å²) < 4.78 is 1.52. The van der Waals surface area contributed by atoms with Gasteiger partial charge in [0.15, 0.2) is 0 Å². The molecule has 1 amide bonds. The van der Waals surface area contributed by atoms with Gasteiger partial charge >= 0.3 is 0 Å². The van der Waals surface area contributed by atoms with Gasteiger partial charge in [-0.15, -0.1) is 0 Å². The first kappa shape index (κ1) is 19.2. The fourth-order valence-corrected chi connectivity index (χ4v) is 3.93. The Morgan fingerprint density at radius 1 is 1.07 bits per heavy atom. The van der Waals surface area contributed by atoms with Crippen molar-refractivity contribution >= 4 is 22.5 Å². The summed E-state index contributed by atoms with van der Waals surface area (Å²) in [5, 5.41) is 0.579. The highest BCUT2D eigenvalue weighted by Gasteiger charge is 2.17. The molecule has 0 spiro atoms. The molecule has 1 aliphatic heterocycles. The Morgan fingerprint density at radius 3 is 2.62 bits per heavy atom. The van der Waals surface area contributed by atoms with Crippen molar-refractivity contribution < 1.29 is 4.79 Å². The second-order valence-corrected chi connectivity index (χ2v) is 7.58. The zero-order valence-corrected chi connectivity index (χ0v) is 16.8. The second kappa shape index (κ2) is 8.47. The van der Waals surface area contributed by atoms with Crippen LogP contribution in [0.2, 0.25) is 0 Å². The molecule has 150 valence electrons. The average molecular weight is 390 g/mol. The molecule has 0 unspecified atom stereocenters. The summed E-state index contributed by atoms with van der Waals surface area (Å²) in [5.41, 5.74) is 2.95. The van der Waals surface area contributed by atoms with Crippen LogP contribution in [-0.2, 0) is 17.9 Å². The topological polar surface area (TPSA) is 58.4 Å². The Hall–Kier alpha value is -3.15. The van der Waals surface area contributed by atoms with Gasteiger partial charge in [0.25, 0.3) is 5.56 Å². The fraction of sp³-hybridized carbons (Fsp3) is 0.348. The minimum Gasteiger partial charge on any atom is -0.371 e. The summed E-state index contributed by atoms with van der Waals surface area (Å²) in [6.07, 6.45) is 4.23. The van der Waals surface area contributed by atoms with Crippen molar-refractivity contribution in [2.45, 2.75) is 32.4 Å². The van der Waals surface area contributed by atoms with Crippen LogP contribution in [0.4, 0.5) is 5.69 Å². The first-order valence-corrected chi connectivity index (χ1v) is 10.1. The molecule has 1 aromatic heterocycles.